The SMILES string of the molecule is Cc1cnc(CNS(=O)(=O)CCC2CCCCN2)cn1. The molecular formula is C13H22N4O2S. The van der Waals surface area contributed by atoms with E-state index in [-0.39, 0.29) is 12.3 Å². The summed E-state index contributed by atoms with van der Waals surface area (Å²) in [4.78, 5) is 8.22. The third-order valence-electron chi connectivity index (χ3n) is 3.46. The Balaban J connectivity index is 1.76. The van der Waals surface area contributed by atoms with Gasteiger partial charge in [-0.1, -0.05) is 6.42 Å². The van der Waals surface area contributed by atoms with Gasteiger partial charge in [-0.05, 0) is 32.7 Å². The minimum absolute atomic E-state index is 0.157. The summed E-state index contributed by atoms with van der Waals surface area (Å²) in [7, 11) is -3.25. The molecule has 2 N–H and O–H groups in total. The lowest BCUT2D eigenvalue weighted by Crippen LogP contribution is -2.37. The molecule has 0 amide bonds. The zero-order chi connectivity index (χ0) is 14.4. The number of piperidine rings is 1. The van der Waals surface area contributed by atoms with Gasteiger partial charge in [-0.25, -0.2) is 13.1 Å². The zero-order valence-electron chi connectivity index (χ0n) is 11.8. The highest BCUT2D eigenvalue weighted by atomic mass is 32.2. The van der Waals surface area contributed by atoms with Crippen molar-refractivity contribution in [1.82, 2.24) is 20.0 Å². The average molecular weight is 298 g/mol. The molecule has 1 aromatic heterocycles. The summed E-state index contributed by atoms with van der Waals surface area (Å²) in [5.74, 6) is 0.157. The van der Waals surface area contributed by atoms with Crippen LogP contribution in [0.1, 0.15) is 37.1 Å². The molecule has 20 heavy (non-hydrogen) atoms. The van der Waals surface area contributed by atoms with Crippen molar-refractivity contribution >= 4 is 10.0 Å². The first kappa shape index (κ1) is 15.3. The van der Waals surface area contributed by atoms with Crippen LogP contribution in [0.5, 0.6) is 0 Å². The fourth-order valence-electron chi connectivity index (χ4n) is 2.23. The highest BCUT2D eigenvalue weighted by molar-refractivity contribution is 7.89. The van der Waals surface area contributed by atoms with E-state index in [0.29, 0.717) is 18.2 Å². The summed E-state index contributed by atoms with van der Waals surface area (Å²) < 4.78 is 26.4. The van der Waals surface area contributed by atoms with E-state index in [9.17, 15) is 8.42 Å². The third kappa shape index (κ3) is 5.15. The maximum Gasteiger partial charge on any atom is 0.212 e. The molecule has 1 fully saturated rings. The Labute approximate surface area is 120 Å². The van der Waals surface area contributed by atoms with E-state index in [1.807, 2.05) is 6.92 Å². The Hall–Kier alpha value is -1.05. The lowest BCUT2D eigenvalue weighted by molar-refractivity contribution is 0.392. The minimum Gasteiger partial charge on any atom is -0.314 e. The van der Waals surface area contributed by atoms with Crippen molar-refractivity contribution in [2.24, 2.45) is 0 Å². The number of aromatic nitrogens is 2. The van der Waals surface area contributed by atoms with E-state index >= 15 is 0 Å². The number of sulfonamides is 1. The van der Waals surface area contributed by atoms with Crippen LogP contribution in [0.4, 0.5) is 0 Å². The maximum atomic E-state index is 11.9. The second kappa shape index (κ2) is 7.10. The molecule has 112 valence electrons. The molecule has 0 bridgehead atoms. The highest BCUT2D eigenvalue weighted by Gasteiger charge is 2.17. The largest absolute Gasteiger partial charge is 0.314 e. The molecule has 0 spiro atoms. The van der Waals surface area contributed by atoms with Crippen molar-refractivity contribution in [3.05, 3.63) is 23.8 Å². The fraction of sp³-hybridized carbons (Fsp3) is 0.692. The van der Waals surface area contributed by atoms with Gasteiger partial charge in [0.2, 0.25) is 10.0 Å². The molecule has 7 heteroatoms. The number of aryl methyl sites for hydroxylation is 1. The Kier molecular flexibility index (Phi) is 5.45. The van der Waals surface area contributed by atoms with Gasteiger partial charge < -0.3 is 5.32 Å². The molecule has 2 rings (SSSR count). The summed E-state index contributed by atoms with van der Waals surface area (Å²) in [5.41, 5.74) is 1.45. The van der Waals surface area contributed by atoms with E-state index in [4.69, 9.17) is 0 Å². The van der Waals surface area contributed by atoms with E-state index in [2.05, 4.69) is 20.0 Å². The van der Waals surface area contributed by atoms with Crippen LogP contribution < -0.4 is 10.0 Å². The third-order valence-corrected chi connectivity index (χ3v) is 4.81. The van der Waals surface area contributed by atoms with E-state index in [0.717, 1.165) is 18.7 Å². The summed E-state index contributed by atoms with van der Waals surface area (Å²) in [5, 5.41) is 3.36. The van der Waals surface area contributed by atoms with Crippen LogP contribution in [0.15, 0.2) is 12.4 Å². The van der Waals surface area contributed by atoms with Gasteiger partial charge >= 0.3 is 0 Å². The van der Waals surface area contributed by atoms with Gasteiger partial charge in [0.1, 0.15) is 0 Å². The van der Waals surface area contributed by atoms with Crippen LogP contribution in [0.25, 0.3) is 0 Å². The predicted octanol–water partition coefficient (Wildman–Crippen LogP) is 0.737. The van der Waals surface area contributed by atoms with Gasteiger partial charge in [0, 0.05) is 12.2 Å². The monoisotopic (exact) mass is 298 g/mol. The second-order valence-corrected chi connectivity index (χ2v) is 7.15. The molecule has 0 saturated carbocycles. The number of rotatable bonds is 6. The Bertz CT molecular complexity index is 510. The molecule has 1 aliphatic heterocycles. The predicted molar refractivity (Wildman–Crippen MR) is 77.7 cm³/mol. The molecule has 1 atom stereocenters. The normalized spacial score (nSPS) is 19.9. The van der Waals surface area contributed by atoms with Crippen LogP contribution in [0, 0.1) is 6.92 Å². The van der Waals surface area contributed by atoms with Crippen LogP contribution in [0.3, 0.4) is 0 Å². The molecule has 1 aromatic rings. The van der Waals surface area contributed by atoms with Crippen LogP contribution in [-0.2, 0) is 16.6 Å². The molecule has 2 heterocycles. The lowest BCUT2D eigenvalue weighted by atomic mass is 10.0. The Morgan fingerprint density at radius 2 is 2.20 bits per heavy atom. The molecule has 0 aromatic carbocycles. The standard InChI is InChI=1S/C13H22N4O2S/c1-11-8-16-13(9-15-11)10-17-20(18,19)7-5-12-4-2-3-6-14-12/h8-9,12,14,17H,2-7,10H2,1H3. The minimum atomic E-state index is -3.25. The molecule has 0 radical (unpaired) electrons. The van der Waals surface area contributed by atoms with Crippen molar-refractivity contribution in [3.63, 3.8) is 0 Å². The smallest absolute Gasteiger partial charge is 0.212 e. The molecule has 1 aliphatic rings. The van der Waals surface area contributed by atoms with Crippen molar-refractivity contribution in [2.45, 2.75) is 45.2 Å². The summed E-state index contributed by atoms with van der Waals surface area (Å²) >= 11 is 0. The quantitative estimate of drug-likeness (QED) is 0.809. The number of nitrogens with one attached hydrogen (secondary N) is 2. The molecule has 0 aliphatic carbocycles. The maximum absolute atomic E-state index is 11.9. The van der Waals surface area contributed by atoms with Gasteiger partial charge in [0.05, 0.1) is 29.9 Å². The van der Waals surface area contributed by atoms with Crippen LogP contribution >= 0.6 is 0 Å². The number of nitrogens with zero attached hydrogens (tertiary/aromatic N) is 2. The number of hydrogen-bond acceptors (Lipinski definition) is 5. The highest BCUT2D eigenvalue weighted by Crippen LogP contribution is 2.10. The van der Waals surface area contributed by atoms with Gasteiger partial charge in [-0.2, -0.15) is 0 Å². The van der Waals surface area contributed by atoms with E-state index in [1.54, 1.807) is 12.4 Å². The topological polar surface area (TPSA) is 84.0 Å². The molecular weight excluding hydrogens is 276 g/mol. The van der Waals surface area contributed by atoms with Crippen LogP contribution in [0.2, 0.25) is 0 Å². The van der Waals surface area contributed by atoms with Gasteiger partial charge in [0.25, 0.3) is 0 Å². The van der Waals surface area contributed by atoms with E-state index < -0.39 is 10.0 Å². The molecule has 6 nitrogen and oxygen atoms in total. The second-order valence-electron chi connectivity index (χ2n) is 5.22. The van der Waals surface area contributed by atoms with Gasteiger partial charge in [-0.3, -0.25) is 9.97 Å². The first-order valence-electron chi connectivity index (χ1n) is 7.03. The summed E-state index contributed by atoms with van der Waals surface area (Å²) in [6.07, 6.45) is 7.34. The first-order chi connectivity index (χ1) is 9.55. The molecule has 1 saturated heterocycles. The summed E-state index contributed by atoms with van der Waals surface area (Å²) in [6.45, 7) is 3.04. The fourth-order valence-corrected chi connectivity index (χ4v) is 3.34. The number of hydrogen-bond donors (Lipinski definition) is 2. The lowest BCUT2D eigenvalue weighted by Gasteiger charge is -2.23. The van der Waals surface area contributed by atoms with Gasteiger partial charge in [0.15, 0.2) is 0 Å². The van der Waals surface area contributed by atoms with Crippen molar-refractivity contribution in [1.29, 1.82) is 0 Å². The van der Waals surface area contributed by atoms with Gasteiger partial charge in [-0.15, -0.1) is 0 Å². The average Bonchev–Trinajstić information content (AvgIpc) is 2.46. The Morgan fingerprint density at radius 1 is 1.35 bits per heavy atom. The zero-order valence-corrected chi connectivity index (χ0v) is 12.6. The Morgan fingerprint density at radius 3 is 2.85 bits per heavy atom. The van der Waals surface area contributed by atoms with Crippen molar-refractivity contribution < 1.29 is 8.42 Å². The van der Waals surface area contributed by atoms with Crippen molar-refractivity contribution in [3.8, 4) is 0 Å². The summed E-state index contributed by atoms with van der Waals surface area (Å²) in [6, 6.07) is 0.333. The van der Waals surface area contributed by atoms with Crippen molar-refractivity contribution in [2.75, 3.05) is 12.3 Å². The van der Waals surface area contributed by atoms with E-state index in [1.165, 1.54) is 12.8 Å². The first-order valence-corrected chi connectivity index (χ1v) is 8.69. The van der Waals surface area contributed by atoms with Crippen LogP contribution in [-0.4, -0.2) is 36.7 Å². The molecule has 1 unspecified atom stereocenters.